The van der Waals surface area contributed by atoms with Gasteiger partial charge in [-0.15, -0.1) is 4.99 Å². The van der Waals surface area contributed by atoms with Crippen LogP contribution in [0.4, 0.5) is 0 Å². The van der Waals surface area contributed by atoms with Gasteiger partial charge < -0.3 is 0 Å². The van der Waals surface area contributed by atoms with Crippen molar-refractivity contribution in [1.29, 1.82) is 5.26 Å². The minimum absolute atomic E-state index is 0.515. The first-order chi connectivity index (χ1) is 5.22. The van der Waals surface area contributed by atoms with Crippen molar-refractivity contribution < 1.29 is 0 Å². The highest BCUT2D eigenvalue weighted by molar-refractivity contribution is 8.14. The molecule has 0 unspecified atom stereocenters. The quantitative estimate of drug-likeness (QED) is 0.164. The Morgan fingerprint density at radius 1 is 1.91 bits per heavy atom. The number of nitrogens with two attached hydrogens (primary N) is 1. The van der Waals surface area contributed by atoms with Crippen LogP contribution in [0.5, 0.6) is 0 Å². The molecule has 0 aromatic carbocycles. The Morgan fingerprint density at radius 2 is 2.55 bits per heavy atom. The summed E-state index contributed by atoms with van der Waals surface area (Å²) >= 11 is 5.42. The number of nitriles is 1. The molecule has 0 spiro atoms. The monoisotopic (exact) mass is 190 g/mol. The maximum atomic E-state index is 8.23. The van der Waals surface area contributed by atoms with E-state index in [0.29, 0.717) is 5.17 Å². The van der Waals surface area contributed by atoms with Crippen molar-refractivity contribution in [2.75, 3.05) is 18.6 Å². The predicted molar refractivity (Wildman–Crippen MR) is 51.3 cm³/mol. The molecule has 0 aromatic heterocycles. The highest BCUT2D eigenvalue weighted by Gasteiger charge is 2.01. The van der Waals surface area contributed by atoms with Gasteiger partial charge in [0.05, 0.1) is 0 Å². The molecule has 0 atom stereocenters. The molecule has 6 heteroatoms. The van der Waals surface area contributed by atoms with E-state index >= 15 is 0 Å². The van der Waals surface area contributed by atoms with E-state index in [2.05, 4.69) is 17.6 Å². The molecule has 0 rings (SSSR count). The molecule has 0 aliphatic heterocycles. The number of hydrazine groups is 1. The molecule has 0 amide bonds. The van der Waals surface area contributed by atoms with Crippen molar-refractivity contribution in [1.82, 2.24) is 5.01 Å². The zero-order chi connectivity index (χ0) is 8.69. The molecule has 4 nitrogen and oxygen atoms in total. The summed E-state index contributed by atoms with van der Waals surface area (Å²) in [6.45, 7) is 0. The highest BCUT2D eigenvalue weighted by Crippen LogP contribution is 2.05. The molecule has 0 radical (unpaired) electrons. The molecular weight excluding hydrogens is 180 g/mol. The maximum Gasteiger partial charge on any atom is 0.208 e. The summed E-state index contributed by atoms with van der Waals surface area (Å²) < 4.78 is 0. The van der Waals surface area contributed by atoms with Gasteiger partial charge >= 0.3 is 0 Å². The average Bonchev–Trinajstić information content (AvgIpc) is 1.97. The number of hydrogen-bond donors (Lipinski definition) is 2. The van der Waals surface area contributed by atoms with E-state index in [1.807, 2.05) is 0 Å². The second-order valence-electron chi connectivity index (χ2n) is 1.68. The predicted octanol–water partition coefficient (Wildman–Crippen LogP) is 0.292. The Bertz CT molecular complexity index is 172. The molecule has 0 heterocycles. The first-order valence-corrected chi connectivity index (χ1v) is 4.53. The van der Waals surface area contributed by atoms with Crippen molar-refractivity contribution >= 4 is 29.6 Å². The third kappa shape index (κ3) is 4.95. The fourth-order valence-corrected chi connectivity index (χ4v) is 1.25. The van der Waals surface area contributed by atoms with Crippen LogP contribution in [-0.2, 0) is 0 Å². The van der Waals surface area contributed by atoms with Crippen LogP contribution in [0.15, 0.2) is 4.99 Å². The number of aliphatic imine (C=N–C) groups is 1. The van der Waals surface area contributed by atoms with Crippen LogP contribution < -0.4 is 5.84 Å². The normalized spacial score (nSPS) is 10.9. The molecular formula is C5H10N4S2. The molecule has 0 saturated heterocycles. The summed E-state index contributed by atoms with van der Waals surface area (Å²) in [5.41, 5.74) is 0. The van der Waals surface area contributed by atoms with Crippen LogP contribution in [0.3, 0.4) is 0 Å². The first-order valence-electron chi connectivity index (χ1n) is 2.91. The summed E-state index contributed by atoms with van der Waals surface area (Å²) in [6.07, 6.45) is 1.68. The van der Waals surface area contributed by atoms with Gasteiger partial charge in [0.2, 0.25) is 6.19 Å². The average molecular weight is 190 g/mol. The van der Waals surface area contributed by atoms with Gasteiger partial charge in [-0.2, -0.15) is 17.9 Å². The number of amidine groups is 1. The first kappa shape index (κ1) is 10.6. The highest BCUT2D eigenvalue weighted by atomic mass is 32.2. The second-order valence-corrected chi connectivity index (χ2v) is 3.19. The number of thiol groups is 1. The zero-order valence-corrected chi connectivity index (χ0v) is 7.90. The van der Waals surface area contributed by atoms with E-state index in [4.69, 9.17) is 11.1 Å². The van der Waals surface area contributed by atoms with Crippen LogP contribution in [0.1, 0.15) is 0 Å². The van der Waals surface area contributed by atoms with Crippen molar-refractivity contribution in [3.05, 3.63) is 0 Å². The Hall–Kier alpha value is -0.380. The minimum Gasteiger partial charge on any atom is -0.292 e. The second kappa shape index (κ2) is 6.34. The lowest BCUT2D eigenvalue weighted by Gasteiger charge is -2.11. The van der Waals surface area contributed by atoms with Gasteiger partial charge in [0.1, 0.15) is 0 Å². The van der Waals surface area contributed by atoms with E-state index in [0.717, 1.165) is 11.5 Å². The van der Waals surface area contributed by atoms with Gasteiger partial charge in [-0.1, -0.05) is 11.8 Å². The Kier molecular flexibility index (Phi) is 6.12. The van der Waals surface area contributed by atoms with Crippen LogP contribution in [-0.4, -0.2) is 28.7 Å². The van der Waals surface area contributed by atoms with Crippen molar-refractivity contribution in [3.63, 3.8) is 0 Å². The van der Waals surface area contributed by atoms with E-state index in [-0.39, 0.29) is 0 Å². The van der Waals surface area contributed by atoms with Gasteiger partial charge in [0.15, 0.2) is 5.17 Å². The van der Waals surface area contributed by atoms with Crippen LogP contribution in [0.2, 0.25) is 0 Å². The van der Waals surface area contributed by atoms with E-state index in [1.165, 1.54) is 16.8 Å². The van der Waals surface area contributed by atoms with Crippen molar-refractivity contribution in [2.24, 2.45) is 10.8 Å². The van der Waals surface area contributed by atoms with Crippen LogP contribution >= 0.6 is 24.4 Å². The maximum absolute atomic E-state index is 8.23. The van der Waals surface area contributed by atoms with Crippen LogP contribution in [0.25, 0.3) is 0 Å². The van der Waals surface area contributed by atoms with E-state index < -0.39 is 0 Å². The number of rotatable bonds is 2. The molecule has 0 saturated carbocycles. The third-order valence-corrected chi connectivity index (χ3v) is 2.34. The molecule has 0 bridgehead atoms. The number of nitrogens with zero attached hydrogens (tertiary/aromatic N) is 3. The lowest BCUT2D eigenvalue weighted by atomic mass is 11.0. The summed E-state index contributed by atoms with van der Waals surface area (Å²) in [7, 11) is 1.64. The number of thioether (sulfide) groups is 1. The van der Waals surface area contributed by atoms with Gasteiger partial charge in [-0.3, -0.25) is 5.01 Å². The summed E-state index contributed by atoms with van der Waals surface area (Å²) in [5, 5.41) is 10.1. The topological polar surface area (TPSA) is 65.4 Å². The largest absolute Gasteiger partial charge is 0.292 e. The smallest absolute Gasteiger partial charge is 0.208 e. The Morgan fingerprint density at radius 3 is 2.91 bits per heavy atom. The van der Waals surface area contributed by atoms with Crippen molar-refractivity contribution in [2.45, 2.75) is 0 Å². The lowest BCUT2D eigenvalue weighted by Crippen LogP contribution is -2.31. The minimum atomic E-state index is 0.515. The lowest BCUT2D eigenvalue weighted by molar-refractivity contribution is 0.550. The molecule has 0 aliphatic carbocycles. The standard InChI is InChI=1S/C5H10N4S2/c1-9(7)5(8-4-6)11-3-2-10/h10H,2-3,7H2,1H3. The third-order valence-electron chi connectivity index (χ3n) is 0.770. The number of hydrogen-bond acceptors (Lipinski definition) is 5. The Labute approximate surface area is 75.8 Å². The van der Waals surface area contributed by atoms with Crippen LogP contribution in [0, 0.1) is 11.5 Å². The SMILES string of the molecule is CN(N)C(=NC#N)SCCS. The molecule has 0 fully saturated rings. The fraction of sp³-hybridized carbons (Fsp3) is 0.600. The molecule has 0 aliphatic rings. The summed E-state index contributed by atoms with van der Waals surface area (Å²) in [6, 6.07) is 0. The summed E-state index contributed by atoms with van der Waals surface area (Å²) in [4.78, 5) is 3.51. The van der Waals surface area contributed by atoms with E-state index in [1.54, 1.807) is 13.2 Å². The molecule has 62 valence electrons. The Balaban J connectivity index is 3.93. The summed E-state index contributed by atoms with van der Waals surface area (Å²) in [5.74, 6) is 6.90. The van der Waals surface area contributed by atoms with E-state index in [9.17, 15) is 0 Å². The van der Waals surface area contributed by atoms with Gasteiger partial charge in [0.25, 0.3) is 0 Å². The van der Waals surface area contributed by atoms with Gasteiger partial charge in [-0.05, 0) is 5.75 Å². The molecule has 11 heavy (non-hydrogen) atoms. The van der Waals surface area contributed by atoms with Gasteiger partial charge in [0, 0.05) is 12.8 Å². The molecule has 2 N–H and O–H groups in total. The van der Waals surface area contributed by atoms with Crippen molar-refractivity contribution in [3.8, 4) is 6.19 Å². The van der Waals surface area contributed by atoms with Gasteiger partial charge in [-0.25, -0.2) is 5.84 Å². The zero-order valence-electron chi connectivity index (χ0n) is 6.19. The molecule has 0 aromatic rings. The fourth-order valence-electron chi connectivity index (χ4n) is 0.393.